The Balaban J connectivity index is 1.92. The maximum absolute atomic E-state index is 14.5. The number of alkyl halides is 3. The van der Waals surface area contributed by atoms with Crippen LogP contribution in [0.3, 0.4) is 0 Å². The molecule has 0 aliphatic heterocycles. The summed E-state index contributed by atoms with van der Waals surface area (Å²) < 4.78 is 85.5. The van der Waals surface area contributed by atoms with E-state index in [4.69, 9.17) is 10.5 Å². The van der Waals surface area contributed by atoms with Gasteiger partial charge in [-0.2, -0.15) is 13.2 Å². The molecule has 0 atom stereocenters. The molecule has 0 aliphatic rings. The number of nitrogens with zero attached hydrogens (tertiary/aromatic N) is 1. The summed E-state index contributed by atoms with van der Waals surface area (Å²) >= 11 is 0. The Morgan fingerprint density at radius 2 is 1.81 bits per heavy atom. The van der Waals surface area contributed by atoms with Crippen LogP contribution in [0.2, 0.25) is 0 Å². The Kier molecular flexibility index (Phi) is 6.04. The van der Waals surface area contributed by atoms with Gasteiger partial charge in [0.2, 0.25) is 5.88 Å². The fourth-order valence-corrected chi connectivity index (χ4v) is 2.63. The number of aromatic nitrogens is 1. The molecule has 0 radical (unpaired) electrons. The molecule has 11 heteroatoms. The summed E-state index contributed by atoms with van der Waals surface area (Å²) in [5, 5.41) is 2.58. The Morgan fingerprint density at radius 3 is 2.45 bits per heavy atom. The first-order valence-corrected chi connectivity index (χ1v) is 8.57. The fourth-order valence-electron chi connectivity index (χ4n) is 2.63. The summed E-state index contributed by atoms with van der Waals surface area (Å²) in [4.78, 5) is 15.2. The zero-order valence-corrected chi connectivity index (χ0v) is 15.4. The van der Waals surface area contributed by atoms with Crippen LogP contribution in [0.5, 0.6) is 11.6 Å². The first-order chi connectivity index (χ1) is 14.6. The van der Waals surface area contributed by atoms with Crippen LogP contribution >= 0.6 is 0 Å². The highest BCUT2D eigenvalue weighted by molar-refractivity contribution is 5.99. The lowest BCUT2D eigenvalue weighted by Gasteiger charge is -2.15. The normalized spacial score (nSPS) is 11.3. The lowest BCUT2D eigenvalue weighted by atomic mass is 10.1. The van der Waals surface area contributed by atoms with Crippen LogP contribution in [0.4, 0.5) is 32.0 Å². The third kappa shape index (κ3) is 5.05. The van der Waals surface area contributed by atoms with Gasteiger partial charge < -0.3 is 15.8 Å². The number of nitrogens with one attached hydrogen (secondary N) is 1. The number of amides is 1. The van der Waals surface area contributed by atoms with E-state index >= 15 is 0 Å². The number of anilines is 1. The molecule has 0 saturated carbocycles. The summed E-state index contributed by atoms with van der Waals surface area (Å²) in [6, 6.07) is 6.09. The number of ether oxygens (including phenoxy) is 1. The van der Waals surface area contributed by atoms with Crippen molar-refractivity contribution in [2.24, 2.45) is 5.73 Å². The highest BCUT2D eigenvalue weighted by Gasteiger charge is 2.35. The summed E-state index contributed by atoms with van der Waals surface area (Å²) in [6.07, 6.45) is -3.79. The minimum absolute atomic E-state index is 0.0147. The van der Waals surface area contributed by atoms with Gasteiger partial charge in [0.1, 0.15) is 17.2 Å². The smallest absolute Gasteiger partial charge is 0.421 e. The van der Waals surface area contributed by atoms with E-state index in [9.17, 15) is 31.1 Å². The second-order valence-corrected chi connectivity index (χ2v) is 6.24. The molecule has 5 nitrogen and oxygen atoms in total. The molecule has 1 aromatic heterocycles. The van der Waals surface area contributed by atoms with Crippen LogP contribution < -0.4 is 15.8 Å². The number of pyridine rings is 1. The van der Waals surface area contributed by atoms with Gasteiger partial charge in [0, 0.05) is 30.4 Å². The number of hydrogen-bond acceptors (Lipinski definition) is 4. The van der Waals surface area contributed by atoms with E-state index in [2.05, 4.69) is 10.3 Å². The standard InChI is InChI=1S/C20H13F6N3O2/c21-11-4-3-10(14(22)6-11)9-29-16-8-15(23)17(7-12(16)18(27)30)31-19-13(20(24,25)26)2-1-5-28-19/h1-8,29H,9H2,(H2,27,30). The summed E-state index contributed by atoms with van der Waals surface area (Å²) in [5.74, 6) is -5.49. The third-order valence-electron chi connectivity index (χ3n) is 4.11. The number of carbonyl (C=O) groups is 1. The quantitative estimate of drug-likeness (QED) is 0.527. The van der Waals surface area contributed by atoms with E-state index in [-0.39, 0.29) is 23.4 Å². The average Bonchev–Trinajstić information content (AvgIpc) is 2.68. The molecule has 0 spiro atoms. The Bertz CT molecular complexity index is 1130. The Labute approximate surface area is 171 Å². The van der Waals surface area contributed by atoms with Crippen LogP contribution in [0.1, 0.15) is 21.5 Å². The van der Waals surface area contributed by atoms with E-state index < -0.39 is 46.7 Å². The van der Waals surface area contributed by atoms with Gasteiger partial charge >= 0.3 is 6.18 Å². The maximum atomic E-state index is 14.5. The van der Waals surface area contributed by atoms with Gasteiger partial charge in [-0.25, -0.2) is 18.2 Å². The molecule has 0 aliphatic carbocycles. The number of rotatable bonds is 6. The van der Waals surface area contributed by atoms with Crippen molar-refractivity contribution < 1.29 is 35.9 Å². The highest BCUT2D eigenvalue weighted by atomic mass is 19.4. The number of benzene rings is 2. The zero-order chi connectivity index (χ0) is 22.8. The van der Waals surface area contributed by atoms with Crippen molar-refractivity contribution >= 4 is 11.6 Å². The monoisotopic (exact) mass is 441 g/mol. The van der Waals surface area contributed by atoms with E-state index in [1.54, 1.807) is 0 Å². The molecule has 1 amide bonds. The molecular weight excluding hydrogens is 428 g/mol. The first-order valence-electron chi connectivity index (χ1n) is 8.57. The molecule has 2 aromatic carbocycles. The van der Waals surface area contributed by atoms with Crippen molar-refractivity contribution in [3.63, 3.8) is 0 Å². The van der Waals surface area contributed by atoms with Crippen LogP contribution in [0.25, 0.3) is 0 Å². The Morgan fingerprint density at radius 1 is 1.06 bits per heavy atom. The van der Waals surface area contributed by atoms with Crippen molar-refractivity contribution in [2.45, 2.75) is 12.7 Å². The van der Waals surface area contributed by atoms with Gasteiger partial charge in [-0.1, -0.05) is 6.07 Å². The number of carbonyl (C=O) groups excluding carboxylic acids is 1. The van der Waals surface area contributed by atoms with Gasteiger partial charge in [0.05, 0.1) is 11.3 Å². The molecule has 3 aromatic rings. The predicted octanol–water partition coefficient (Wildman–Crippen LogP) is 5.02. The van der Waals surface area contributed by atoms with Gasteiger partial charge in [0.25, 0.3) is 5.91 Å². The topological polar surface area (TPSA) is 77.2 Å². The largest absolute Gasteiger partial charge is 0.435 e. The SMILES string of the molecule is NC(=O)c1cc(Oc2ncccc2C(F)(F)F)c(F)cc1NCc1ccc(F)cc1F. The van der Waals surface area contributed by atoms with Gasteiger partial charge in [-0.15, -0.1) is 0 Å². The molecule has 1 heterocycles. The zero-order valence-electron chi connectivity index (χ0n) is 15.4. The summed E-state index contributed by atoms with van der Waals surface area (Å²) in [7, 11) is 0. The van der Waals surface area contributed by atoms with Crippen molar-refractivity contribution in [3.8, 4) is 11.6 Å². The van der Waals surface area contributed by atoms with Crippen LogP contribution in [-0.2, 0) is 12.7 Å². The van der Waals surface area contributed by atoms with Gasteiger partial charge in [0.15, 0.2) is 11.6 Å². The van der Waals surface area contributed by atoms with Crippen LogP contribution in [-0.4, -0.2) is 10.9 Å². The lowest BCUT2D eigenvalue weighted by molar-refractivity contribution is -0.138. The molecule has 31 heavy (non-hydrogen) atoms. The van der Waals surface area contributed by atoms with Gasteiger partial charge in [-0.05, 0) is 24.3 Å². The molecule has 0 saturated heterocycles. The molecule has 3 N–H and O–H groups in total. The summed E-state index contributed by atoms with van der Waals surface area (Å²) in [5.41, 5.74) is 3.54. The lowest BCUT2D eigenvalue weighted by Crippen LogP contribution is -2.16. The van der Waals surface area contributed by atoms with Crippen molar-refractivity contribution in [3.05, 3.63) is 82.8 Å². The number of nitrogens with two attached hydrogens (primary N) is 1. The molecule has 162 valence electrons. The first kappa shape index (κ1) is 21.9. The molecule has 3 rings (SSSR count). The average molecular weight is 441 g/mol. The fraction of sp³-hybridized carbons (Fsp3) is 0.100. The highest BCUT2D eigenvalue weighted by Crippen LogP contribution is 2.38. The molecule has 0 bridgehead atoms. The van der Waals surface area contributed by atoms with E-state index in [1.165, 1.54) is 0 Å². The van der Waals surface area contributed by atoms with Crippen LogP contribution in [0, 0.1) is 17.5 Å². The minimum atomic E-state index is -4.81. The van der Waals surface area contributed by atoms with Crippen molar-refractivity contribution in [2.75, 3.05) is 5.32 Å². The van der Waals surface area contributed by atoms with E-state index in [1.807, 2.05) is 0 Å². The van der Waals surface area contributed by atoms with E-state index in [0.29, 0.717) is 12.1 Å². The van der Waals surface area contributed by atoms with Crippen molar-refractivity contribution in [1.29, 1.82) is 0 Å². The molecule has 0 fully saturated rings. The molecule has 0 unspecified atom stereocenters. The second-order valence-electron chi connectivity index (χ2n) is 6.24. The minimum Gasteiger partial charge on any atom is -0.435 e. The number of hydrogen-bond donors (Lipinski definition) is 2. The Hall–Kier alpha value is -3.76. The number of primary amides is 1. The summed E-state index contributed by atoms with van der Waals surface area (Å²) in [6.45, 7) is -0.259. The molecular formula is C20H13F6N3O2. The van der Waals surface area contributed by atoms with Crippen LogP contribution in [0.15, 0.2) is 48.7 Å². The van der Waals surface area contributed by atoms with E-state index in [0.717, 1.165) is 36.5 Å². The maximum Gasteiger partial charge on any atom is 0.421 e. The third-order valence-corrected chi connectivity index (χ3v) is 4.11. The van der Waals surface area contributed by atoms with Crippen molar-refractivity contribution in [1.82, 2.24) is 4.98 Å². The number of halogens is 6. The van der Waals surface area contributed by atoms with Gasteiger partial charge in [-0.3, -0.25) is 4.79 Å². The predicted molar refractivity (Wildman–Crippen MR) is 97.9 cm³/mol. The second kappa shape index (κ2) is 8.54.